The number of rotatable bonds is 1. The molecule has 1 aliphatic heterocycles. The highest BCUT2D eigenvalue weighted by atomic mass is 15.4. The molecule has 87 valence electrons. The third kappa shape index (κ3) is 1.92. The molecular weight excluding hydrogens is 200 g/mol. The molecule has 0 aromatic carbocycles. The predicted octanol–water partition coefficient (Wildman–Crippen LogP) is 2.06. The van der Waals surface area contributed by atoms with Crippen molar-refractivity contribution in [2.24, 2.45) is 7.05 Å². The molecule has 2 rings (SSSR count). The van der Waals surface area contributed by atoms with E-state index < -0.39 is 0 Å². The topological polar surface area (TPSA) is 24.3 Å². The molecule has 1 aromatic rings. The third-order valence-electron chi connectivity index (χ3n) is 2.62. The van der Waals surface area contributed by atoms with Gasteiger partial charge in [-0.3, -0.25) is 4.90 Å². The van der Waals surface area contributed by atoms with Crippen LogP contribution in [0.1, 0.15) is 26.5 Å². The average molecular weight is 219 g/mol. The van der Waals surface area contributed by atoms with Crippen molar-refractivity contribution < 1.29 is 0 Å². The molecule has 1 radical (unpaired) electrons. The molecule has 0 aliphatic carbocycles. The number of imidazole rings is 1. The number of aryl methyl sites for hydroxylation is 1. The number of hydrogen-bond acceptors (Lipinski definition) is 3. The lowest BCUT2D eigenvalue weighted by Crippen LogP contribution is -2.18. The second kappa shape index (κ2) is 3.54. The van der Waals surface area contributed by atoms with Crippen molar-refractivity contribution in [1.29, 1.82) is 0 Å². The summed E-state index contributed by atoms with van der Waals surface area (Å²) in [6, 6.07) is 0. The fraction of sp³-hybridized carbons (Fsp3) is 0.500. The van der Waals surface area contributed by atoms with E-state index in [9.17, 15) is 0 Å². The van der Waals surface area contributed by atoms with Crippen LogP contribution in [0.5, 0.6) is 0 Å². The number of hydrogen-bond donors (Lipinski definition) is 0. The molecule has 0 N–H and O–H groups in total. The molecule has 2 heterocycles. The Labute approximate surface area is 97.2 Å². The predicted molar refractivity (Wildman–Crippen MR) is 65.6 cm³/mol. The summed E-state index contributed by atoms with van der Waals surface area (Å²) in [5.41, 5.74) is 1.20. The minimum absolute atomic E-state index is 0.0886. The van der Waals surface area contributed by atoms with Crippen LogP contribution in [0.25, 0.3) is 0 Å². The Hall–Kier alpha value is -1.45. The van der Waals surface area contributed by atoms with Gasteiger partial charge in [0, 0.05) is 38.1 Å². The van der Waals surface area contributed by atoms with Crippen molar-refractivity contribution >= 4 is 5.95 Å². The first-order chi connectivity index (χ1) is 7.38. The van der Waals surface area contributed by atoms with Gasteiger partial charge >= 0.3 is 0 Å². The van der Waals surface area contributed by atoms with E-state index in [0.29, 0.717) is 0 Å². The molecule has 0 amide bonds. The fourth-order valence-electron chi connectivity index (χ4n) is 1.63. The zero-order valence-corrected chi connectivity index (χ0v) is 10.6. The highest BCUT2D eigenvalue weighted by molar-refractivity contribution is 5.43. The molecule has 0 spiro atoms. The van der Waals surface area contributed by atoms with Crippen molar-refractivity contribution in [3.63, 3.8) is 0 Å². The normalized spacial score (nSPS) is 16.3. The van der Waals surface area contributed by atoms with Crippen LogP contribution >= 0.6 is 0 Å². The zero-order valence-electron chi connectivity index (χ0n) is 10.6. The van der Waals surface area contributed by atoms with Gasteiger partial charge in [-0.1, -0.05) is 20.8 Å². The summed E-state index contributed by atoms with van der Waals surface area (Å²) in [6.07, 6.45) is 6.11. The Balaban J connectivity index is 2.29. The Morgan fingerprint density at radius 1 is 1.12 bits per heavy atom. The molecule has 1 aliphatic rings. The molecule has 4 heteroatoms. The van der Waals surface area contributed by atoms with Gasteiger partial charge in [-0.05, 0) is 0 Å². The Kier molecular flexibility index (Phi) is 2.45. The van der Waals surface area contributed by atoms with Crippen molar-refractivity contribution in [1.82, 2.24) is 14.5 Å². The highest BCUT2D eigenvalue weighted by Crippen LogP contribution is 2.26. The monoisotopic (exact) mass is 219 g/mol. The SMILES string of the molecule is CN1[CH]N(c2nc(C(C)(C)C)cn2C)C=C1. The van der Waals surface area contributed by atoms with Crippen LogP contribution in [0.4, 0.5) is 5.95 Å². The molecule has 16 heavy (non-hydrogen) atoms. The number of nitrogens with zero attached hydrogens (tertiary/aromatic N) is 4. The third-order valence-corrected chi connectivity index (χ3v) is 2.62. The van der Waals surface area contributed by atoms with Gasteiger partial charge in [0.15, 0.2) is 0 Å². The molecule has 0 saturated carbocycles. The van der Waals surface area contributed by atoms with Gasteiger partial charge in [0.2, 0.25) is 5.95 Å². The largest absolute Gasteiger partial charge is 0.355 e. The van der Waals surface area contributed by atoms with Crippen LogP contribution in [-0.4, -0.2) is 21.5 Å². The number of aromatic nitrogens is 2. The van der Waals surface area contributed by atoms with E-state index in [1.807, 2.05) is 43.0 Å². The van der Waals surface area contributed by atoms with Crippen LogP contribution < -0.4 is 4.90 Å². The maximum absolute atomic E-state index is 4.68. The Bertz CT molecular complexity index is 411. The molecule has 0 bridgehead atoms. The maximum atomic E-state index is 4.68. The van der Waals surface area contributed by atoms with Crippen LogP contribution in [-0.2, 0) is 12.5 Å². The first-order valence-corrected chi connectivity index (χ1v) is 5.45. The van der Waals surface area contributed by atoms with Gasteiger partial charge in [-0.25, -0.2) is 4.98 Å². The van der Waals surface area contributed by atoms with Gasteiger partial charge in [-0.2, -0.15) is 0 Å². The van der Waals surface area contributed by atoms with Gasteiger partial charge in [0.05, 0.1) is 5.69 Å². The Morgan fingerprint density at radius 3 is 2.25 bits per heavy atom. The van der Waals surface area contributed by atoms with Crippen molar-refractivity contribution in [2.45, 2.75) is 26.2 Å². The van der Waals surface area contributed by atoms with E-state index in [0.717, 1.165) is 11.6 Å². The molecular formula is C12H19N4. The summed E-state index contributed by atoms with van der Waals surface area (Å²) in [6.45, 7) is 8.53. The minimum Gasteiger partial charge on any atom is -0.355 e. The summed E-state index contributed by atoms with van der Waals surface area (Å²) in [5.74, 6) is 0.950. The highest BCUT2D eigenvalue weighted by Gasteiger charge is 2.22. The van der Waals surface area contributed by atoms with Crippen molar-refractivity contribution in [3.8, 4) is 0 Å². The summed E-state index contributed by atoms with van der Waals surface area (Å²) in [7, 11) is 4.03. The van der Waals surface area contributed by atoms with Gasteiger partial charge in [0.1, 0.15) is 6.67 Å². The fourth-order valence-corrected chi connectivity index (χ4v) is 1.63. The van der Waals surface area contributed by atoms with Crippen LogP contribution in [0.2, 0.25) is 0 Å². The molecule has 0 unspecified atom stereocenters. The van der Waals surface area contributed by atoms with E-state index >= 15 is 0 Å². The van der Waals surface area contributed by atoms with E-state index in [4.69, 9.17) is 0 Å². The van der Waals surface area contributed by atoms with Crippen molar-refractivity contribution in [2.75, 3.05) is 11.9 Å². The van der Waals surface area contributed by atoms with Crippen LogP contribution in [0.3, 0.4) is 0 Å². The van der Waals surface area contributed by atoms with E-state index in [2.05, 4.69) is 36.5 Å². The zero-order chi connectivity index (χ0) is 11.9. The average Bonchev–Trinajstić information content (AvgIpc) is 2.70. The first kappa shape index (κ1) is 11.0. The second-order valence-electron chi connectivity index (χ2n) is 5.27. The molecule has 0 fully saturated rings. The summed E-state index contributed by atoms with van der Waals surface area (Å²) in [5, 5.41) is 0. The molecule has 4 nitrogen and oxygen atoms in total. The van der Waals surface area contributed by atoms with Crippen LogP contribution in [0, 0.1) is 6.67 Å². The maximum Gasteiger partial charge on any atom is 0.211 e. The van der Waals surface area contributed by atoms with Crippen LogP contribution in [0.15, 0.2) is 18.6 Å². The lowest BCUT2D eigenvalue weighted by atomic mass is 9.93. The second-order valence-corrected chi connectivity index (χ2v) is 5.27. The van der Waals surface area contributed by atoms with Gasteiger partial charge in [0.25, 0.3) is 0 Å². The minimum atomic E-state index is 0.0886. The smallest absolute Gasteiger partial charge is 0.211 e. The molecule has 1 aromatic heterocycles. The van der Waals surface area contributed by atoms with E-state index in [-0.39, 0.29) is 5.41 Å². The summed E-state index contributed by atoms with van der Waals surface area (Å²) >= 11 is 0. The summed E-state index contributed by atoms with van der Waals surface area (Å²) in [4.78, 5) is 8.71. The van der Waals surface area contributed by atoms with E-state index in [1.54, 1.807) is 0 Å². The summed E-state index contributed by atoms with van der Waals surface area (Å²) < 4.78 is 2.06. The first-order valence-electron chi connectivity index (χ1n) is 5.45. The molecule has 0 saturated heterocycles. The quantitative estimate of drug-likeness (QED) is 0.722. The van der Waals surface area contributed by atoms with E-state index in [1.165, 1.54) is 0 Å². The lowest BCUT2D eigenvalue weighted by Gasteiger charge is -2.16. The number of anilines is 1. The lowest BCUT2D eigenvalue weighted by molar-refractivity contribution is 0.566. The van der Waals surface area contributed by atoms with Gasteiger partial charge < -0.3 is 9.47 Å². The standard InChI is InChI=1S/C12H19N4/c1-12(2,3)10-8-15(5)11(13-10)16-7-6-14(4)9-16/h6-9H,1-5H3. The Morgan fingerprint density at radius 2 is 1.81 bits per heavy atom. The molecule has 0 atom stereocenters. The van der Waals surface area contributed by atoms with Crippen molar-refractivity contribution in [3.05, 3.63) is 31.0 Å². The van der Waals surface area contributed by atoms with Gasteiger partial charge in [-0.15, -0.1) is 0 Å².